The van der Waals surface area contributed by atoms with Gasteiger partial charge in [-0.05, 0) is 36.4 Å². The number of hydrogen-bond donors (Lipinski definition) is 30. The van der Waals surface area contributed by atoms with Crippen LogP contribution < -0.4 is 31.9 Å². The molecule has 12 rings (SSSR count). The first-order chi connectivity index (χ1) is 62.8. The third kappa shape index (κ3) is 29.3. The Bertz CT molecular complexity index is 4330. The van der Waals surface area contributed by atoms with Crippen LogP contribution in [-0.2, 0) is 48.5 Å². The van der Waals surface area contributed by atoms with Gasteiger partial charge < -0.3 is 183 Å². The molecule has 6 heterocycles. The molecule has 30 unspecified atom stereocenters. The third-order valence-electron chi connectivity index (χ3n) is 20.6. The van der Waals surface area contributed by atoms with Crippen LogP contribution in [0.15, 0.2) is 146 Å². The fourth-order valence-corrected chi connectivity index (χ4v) is 13.2. The Hall–Kier alpha value is -11.5. The summed E-state index contributed by atoms with van der Waals surface area (Å²) in [6.07, 6.45) is -34.0. The van der Waals surface area contributed by atoms with E-state index in [0.717, 1.165) is 0 Å². The molecule has 708 valence electrons. The molecule has 30 atom stereocenters. The van der Waals surface area contributed by atoms with E-state index >= 15 is 0 Å². The maximum absolute atomic E-state index is 12.1. The van der Waals surface area contributed by atoms with E-state index in [-0.39, 0.29) is 87.6 Å². The van der Waals surface area contributed by atoms with Gasteiger partial charge in [-0.3, -0.25) is 28.8 Å². The van der Waals surface area contributed by atoms with Gasteiger partial charge in [0.1, 0.15) is 146 Å². The van der Waals surface area contributed by atoms with Gasteiger partial charge in [0.2, 0.25) is 35.4 Å². The van der Waals surface area contributed by atoms with Crippen LogP contribution in [0.25, 0.3) is 29.1 Å². The number of amides is 6. The smallest absolute Gasteiger partial charge is 0.394 e. The average Bonchev–Trinajstić information content (AvgIpc) is 0.827. The molecule has 6 aromatic rings. The number of nitrogens with zero attached hydrogens (tertiary/aromatic N) is 6. The SMILES string of the molecule is [C-]#[N+]c1cccc(C(=O)NC2C(O)OC(CO)C(O)C2O)c1.[C-]#[N+]c1cccc(C(=O)NC2C(O)OC(CO)C(O)C2O)c1.[C-]#[N+]c1cccc(C(=O)NC2C(O)OC(CO)C(O)C2O)c1.[C-]#[N+]c1cccc(C(=O)NC2C(O)OC(CO)C(O)C2O)c1.[C-]#[N+]c1cccc(C(=O)NC2C(O)OC(CO)C(O)C2O)c1.[C-]#[N+]c1cccc(C(=O)NC2C(O)OC(CO)C(O)C2O)c1.[Tc+7]. The number of hydrogen-bond acceptors (Lipinski definition) is 36. The van der Waals surface area contributed by atoms with E-state index in [4.69, 9.17) is 98.5 Å². The molecule has 49 heteroatoms. The Balaban J connectivity index is 0.000000245. The van der Waals surface area contributed by atoms with E-state index in [9.17, 15) is 121 Å². The van der Waals surface area contributed by atoms with Crippen molar-refractivity contribution < 1.29 is 200 Å². The van der Waals surface area contributed by atoms with Crippen LogP contribution >= 0.6 is 0 Å². The summed E-state index contributed by atoms with van der Waals surface area (Å²) < 4.78 is 29.7. The Kier molecular flexibility index (Phi) is 43.8. The molecule has 0 aliphatic carbocycles. The number of carbonyl (C=O) groups excluding carboxylic acids is 6. The number of nitrogens with one attached hydrogen (secondary N) is 6. The minimum absolute atomic E-state index is 0. The molecule has 30 N–H and O–H groups in total. The second-order valence-corrected chi connectivity index (χ2v) is 29.3. The molecule has 6 fully saturated rings. The van der Waals surface area contributed by atoms with Crippen LogP contribution in [0.2, 0.25) is 0 Å². The van der Waals surface area contributed by atoms with Gasteiger partial charge in [0.15, 0.2) is 71.9 Å². The van der Waals surface area contributed by atoms with Crippen molar-refractivity contribution in [1.29, 1.82) is 0 Å². The number of benzene rings is 6. The summed E-state index contributed by atoms with van der Waals surface area (Å²) in [5.74, 6) is -3.80. The number of aliphatic hydroxyl groups excluding tert-OH is 24. The quantitative estimate of drug-likeness (QED) is 0.0356. The number of aliphatic hydroxyl groups is 24. The minimum Gasteiger partial charge on any atom is -0.394 e. The standard InChI is InChI=1S/6C14H16N2O6.Tc/c6*1-15-8-4-2-3-7(5-8)13(20)16-10-12(19)11(18)9(6-17)22-14(10)21;/h6*2-5,9-12,14,17-19,21H,6H2,(H,16,20);/q;;;;;;+7. The van der Waals surface area contributed by atoms with Crippen molar-refractivity contribution in [2.24, 2.45) is 0 Å². The summed E-state index contributed by atoms with van der Waals surface area (Å²) in [5, 5.41) is 245. The van der Waals surface area contributed by atoms with Crippen LogP contribution in [0, 0.1) is 39.4 Å². The number of rotatable bonds is 18. The van der Waals surface area contributed by atoms with Crippen molar-refractivity contribution in [3.63, 3.8) is 0 Å². The molecule has 133 heavy (non-hydrogen) atoms. The van der Waals surface area contributed by atoms with Crippen LogP contribution in [0.1, 0.15) is 62.1 Å². The second kappa shape index (κ2) is 52.8. The predicted octanol–water partition coefficient (Wildman–Crippen LogP) is -7.40. The van der Waals surface area contributed by atoms with Crippen LogP contribution in [0.5, 0.6) is 0 Å². The molecule has 48 nitrogen and oxygen atoms in total. The van der Waals surface area contributed by atoms with Gasteiger partial charge >= 0.3 is 20.1 Å². The summed E-state index contributed by atoms with van der Waals surface area (Å²) in [4.78, 5) is 91.9. The summed E-state index contributed by atoms with van der Waals surface area (Å²) in [6.45, 7) is 37.9. The topological polar surface area (TPSA) is 742 Å². The Labute approximate surface area is 768 Å². The van der Waals surface area contributed by atoms with E-state index in [2.05, 4.69) is 61.0 Å². The normalized spacial score (nSPS) is 31.1. The molecule has 6 aliphatic heterocycles. The fourth-order valence-electron chi connectivity index (χ4n) is 13.2. The molecular formula is C84H96N12O36Tc+7. The molecule has 0 saturated carbocycles. The maximum atomic E-state index is 12.1. The average molecular weight is 1950 g/mol. The largest absolute Gasteiger partial charge is 7.00 e. The number of ether oxygens (including phenoxy) is 6. The van der Waals surface area contributed by atoms with Crippen LogP contribution in [-0.4, -0.2) is 382 Å². The van der Waals surface area contributed by atoms with Gasteiger partial charge in [-0.15, -0.1) is 0 Å². The molecular weight excluding hydrogens is 1850 g/mol. The van der Waals surface area contributed by atoms with Crippen molar-refractivity contribution in [3.8, 4) is 0 Å². The molecule has 0 bridgehead atoms. The molecule has 6 aliphatic rings. The van der Waals surface area contributed by atoms with Crippen LogP contribution in [0.4, 0.5) is 34.1 Å². The molecule has 0 spiro atoms. The molecule has 6 aromatic carbocycles. The van der Waals surface area contributed by atoms with E-state index in [1.807, 2.05) is 0 Å². The summed E-state index contributed by atoms with van der Waals surface area (Å²) in [7, 11) is 0. The van der Waals surface area contributed by atoms with Gasteiger partial charge in [-0.25, -0.2) is 29.1 Å². The summed E-state index contributed by atoms with van der Waals surface area (Å²) in [6, 6.07) is 27.8. The molecule has 6 saturated heterocycles. The van der Waals surface area contributed by atoms with E-state index in [0.29, 0.717) is 0 Å². The van der Waals surface area contributed by atoms with E-state index < -0.39 is 259 Å². The Morgan fingerprint density at radius 2 is 0.346 bits per heavy atom. The van der Waals surface area contributed by atoms with Crippen molar-refractivity contribution >= 4 is 69.6 Å². The molecule has 6 amide bonds. The maximum Gasteiger partial charge on any atom is 7.00 e. The van der Waals surface area contributed by atoms with E-state index in [1.54, 1.807) is 0 Å². The second-order valence-electron chi connectivity index (χ2n) is 29.3. The van der Waals surface area contributed by atoms with Crippen molar-refractivity contribution in [2.75, 3.05) is 39.6 Å². The minimum atomic E-state index is -1.58. The molecule has 0 aromatic heterocycles. The Morgan fingerprint density at radius 3 is 0.451 bits per heavy atom. The molecule has 0 radical (unpaired) electrons. The van der Waals surface area contributed by atoms with Gasteiger partial charge in [-0.1, -0.05) is 109 Å². The van der Waals surface area contributed by atoms with Gasteiger partial charge in [-0.2, -0.15) is 0 Å². The zero-order chi connectivity index (χ0) is 97.7. The first-order valence-electron chi connectivity index (χ1n) is 39.4. The zero-order valence-electron chi connectivity index (χ0n) is 69.1. The third-order valence-corrected chi connectivity index (χ3v) is 20.6. The van der Waals surface area contributed by atoms with Crippen molar-refractivity contribution in [3.05, 3.63) is 247 Å². The summed E-state index contributed by atoms with van der Waals surface area (Å²) >= 11 is 0. The monoisotopic (exact) mass is 1950 g/mol. The Morgan fingerprint density at radius 1 is 0.226 bits per heavy atom. The van der Waals surface area contributed by atoms with Crippen LogP contribution in [0.3, 0.4) is 0 Å². The zero-order valence-corrected chi connectivity index (χ0v) is 71.0. The van der Waals surface area contributed by atoms with Gasteiger partial charge in [0.25, 0.3) is 0 Å². The van der Waals surface area contributed by atoms with Crippen molar-refractivity contribution in [2.45, 2.75) is 184 Å². The fraction of sp³-hybridized carbons (Fsp3) is 0.429. The van der Waals surface area contributed by atoms with Gasteiger partial charge in [0, 0.05) is 33.4 Å². The number of carbonyl (C=O) groups is 6. The van der Waals surface area contributed by atoms with E-state index in [1.165, 1.54) is 146 Å². The first-order valence-corrected chi connectivity index (χ1v) is 39.4. The van der Waals surface area contributed by atoms with Gasteiger partial charge in [0.05, 0.1) is 79.1 Å². The predicted molar refractivity (Wildman–Crippen MR) is 444 cm³/mol. The first kappa shape index (κ1) is 110. The van der Waals surface area contributed by atoms with Crippen molar-refractivity contribution in [1.82, 2.24) is 31.9 Å². The summed E-state index contributed by atoms with van der Waals surface area (Å²) in [5.41, 5.74) is 2.67.